The van der Waals surface area contributed by atoms with E-state index in [1.807, 2.05) is 42.5 Å². The molecule has 7 heteroatoms. The van der Waals surface area contributed by atoms with Gasteiger partial charge in [-0.15, -0.1) is 0 Å². The summed E-state index contributed by atoms with van der Waals surface area (Å²) < 4.78 is 11.4. The molecule has 0 saturated carbocycles. The van der Waals surface area contributed by atoms with Gasteiger partial charge in [0.2, 0.25) is 5.91 Å². The fourth-order valence-corrected chi connectivity index (χ4v) is 4.52. The van der Waals surface area contributed by atoms with E-state index in [4.69, 9.17) is 9.15 Å². The molecule has 162 valence electrons. The van der Waals surface area contributed by atoms with Crippen molar-refractivity contribution in [2.24, 2.45) is 0 Å². The van der Waals surface area contributed by atoms with Gasteiger partial charge in [0, 0.05) is 25.6 Å². The number of fused-ring (bicyclic) bond motifs is 1. The van der Waals surface area contributed by atoms with E-state index < -0.39 is 0 Å². The van der Waals surface area contributed by atoms with Gasteiger partial charge in [0.25, 0.3) is 0 Å². The number of nitrogens with zero attached hydrogens (tertiary/aromatic N) is 3. The molecule has 0 radical (unpaired) electrons. The number of benzene rings is 2. The van der Waals surface area contributed by atoms with E-state index in [0.29, 0.717) is 19.8 Å². The van der Waals surface area contributed by atoms with Gasteiger partial charge < -0.3 is 19.4 Å². The highest BCUT2D eigenvalue weighted by molar-refractivity contribution is 5.95. The van der Waals surface area contributed by atoms with Crippen LogP contribution in [0.25, 0.3) is 11.1 Å². The number of oxazole rings is 1. The molecule has 5 rings (SSSR count). The maximum atomic E-state index is 12.9. The van der Waals surface area contributed by atoms with Gasteiger partial charge in [-0.05, 0) is 43.7 Å². The largest absolute Gasteiger partial charge is 0.440 e. The van der Waals surface area contributed by atoms with E-state index in [1.54, 1.807) is 0 Å². The zero-order valence-electron chi connectivity index (χ0n) is 17.6. The maximum absolute atomic E-state index is 12.9. The number of nitrogens with one attached hydrogen (secondary N) is 1. The lowest BCUT2D eigenvalue weighted by molar-refractivity contribution is -0.117. The van der Waals surface area contributed by atoms with Crippen LogP contribution in [-0.4, -0.2) is 61.7 Å². The van der Waals surface area contributed by atoms with Crippen LogP contribution in [0.3, 0.4) is 0 Å². The van der Waals surface area contributed by atoms with Crippen molar-refractivity contribution in [2.75, 3.05) is 56.2 Å². The van der Waals surface area contributed by atoms with Crippen molar-refractivity contribution in [1.29, 1.82) is 0 Å². The van der Waals surface area contributed by atoms with E-state index in [1.165, 1.54) is 0 Å². The van der Waals surface area contributed by atoms with E-state index in [2.05, 4.69) is 26.2 Å². The molecule has 1 atom stereocenters. The number of anilines is 2. The summed E-state index contributed by atoms with van der Waals surface area (Å²) in [7, 11) is 0. The van der Waals surface area contributed by atoms with Gasteiger partial charge in [-0.25, -0.2) is 4.98 Å². The minimum atomic E-state index is 0.0129. The molecule has 0 spiro atoms. The molecule has 2 aliphatic rings. The lowest BCUT2D eigenvalue weighted by atomic mass is 9.98. The van der Waals surface area contributed by atoms with E-state index in [9.17, 15) is 4.79 Å². The minimum absolute atomic E-state index is 0.0129. The number of morpholine rings is 1. The van der Waals surface area contributed by atoms with Gasteiger partial charge in [-0.2, -0.15) is 0 Å². The van der Waals surface area contributed by atoms with Crippen molar-refractivity contribution >= 4 is 28.4 Å². The number of hydrogen-bond acceptors (Lipinski definition) is 6. The van der Waals surface area contributed by atoms with Crippen LogP contribution in [0.4, 0.5) is 11.4 Å². The van der Waals surface area contributed by atoms with Crippen LogP contribution in [0.15, 0.2) is 52.9 Å². The molecular weight excluding hydrogens is 392 g/mol. The summed E-state index contributed by atoms with van der Waals surface area (Å²) in [5.74, 6) is 1.01. The smallest absolute Gasteiger partial charge is 0.238 e. The summed E-state index contributed by atoms with van der Waals surface area (Å²) in [4.78, 5) is 22.0. The Hall–Kier alpha value is -2.90. The number of hydrogen-bond donors (Lipinski definition) is 1. The van der Waals surface area contributed by atoms with Gasteiger partial charge in [0.05, 0.1) is 31.1 Å². The van der Waals surface area contributed by atoms with Crippen molar-refractivity contribution in [1.82, 2.24) is 9.88 Å². The molecule has 2 saturated heterocycles. The average molecular weight is 421 g/mol. The highest BCUT2D eigenvalue weighted by atomic mass is 16.5. The number of aromatic nitrogens is 1. The lowest BCUT2D eigenvalue weighted by Gasteiger charge is -2.32. The van der Waals surface area contributed by atoms with Gasteiger partial charge in [-0.3, -0.25) is 9.69 Å². The van der Waals surface area contributed by atoms with Crippen molar-refractivity contribution in [3.8, 4) is 0 Å². The number of likely N-dealkylation sites (tertiary alicyclic amines) is 1. The van der Waals surface area contributed by atoms with Crippen LogP contribution in [0.2, 0.25) is 0 Å². The molecule has 2 fully saturated rings. The number of carbonyl (C=O) groups is 1. The third kappa shape index (κ3) is 4.57. The molecule has 3 aromatic rings. The van der Waals surface area contributed by atoms with Gasteiger partial charge in [-0.1, -0.05) is 24.3 Å². The topological polar surface area (TPSA) is 70.8 Å². The zero-order valence-corrected chi connectivity index (χ0v) is 17.6. The molecule has 2 aromatic carbocycles. The minimum Gasteiger partial charge on any atom is -0.440 e. The van der Waals surface area contributed by atoms with Crippen molar-refractivity contribution in [2.45, 2.75) is 18.8 Å². The molecule has 1 N–H and O–H groups in total. The van der Waals surface area contributed by atoms with E-state index >= 15 is 0 Å². The van der Waals surface area contributed by atoms with Crippen molar-refractivity contribution < 1.29 is 13.9 Å². The molecule has 1 amide bonds. The molecule has 0 bridgehead atoms. The van der Waals surface area contributed by atoms with Crippen LogP contribution in [0.5, 0.6) is 0 Å². The van der Waals surface area contributed by atoms with E-state index in [-0.39, 0.29) is 11.8 Å². The molecule has 0 aliphatic carbocycles. The number of para-hydroxylation sites is 4. The third-order valence-corrected chi connectivity index (χ3v) is 6.06. The average Bonchev–Trinajstić information content (AvgIpc) is 3.25. The van der Waals surface area contributed by atoms with Gasteiger partial charge >= 0.3 is 0 Å². The third-order valence-electron chi connectivity index (χ3n) is 6.06. The Morgan fingerprint density at radius 3 is 2.74 bits per heavy atom. The van der Waals surface area contributed by atoms with Gasteiger partial charge in [0.1, 0.15) is 5.52 Å². The monoisotopic (exact) mass is 420 g/mol. The molecule has 7 nitrogen and oxygen atoms in total. The summed E-state index contributed by atoms with van der Waals surface area (Å²) >= 11 is 0. The summed E-state index contributed by atoms with van der Waals surface area (Å²) in [5, 5.41) is 3.13. The standard InChI is InChI=1S/C24H28N4O3/c29-23(25-19-7-1-3-9-21(19)28-12-14-30-15-13-28)17-27-11-5-6-18(16-27)24-26-20-8-2-4-10-22(20)31-24/h1-4,7-10,18H,5-6,11-17H2,(H,25,29). The first-order valence-corrected chi connectivity index (χ1v) is 11.1. The first kappa shape index (κ1) is 20.0. The molecule has 1 aromatic heterocycles. The predicted octanol–water partition coefficient (Wildman–Crippen LogP) is 3.48. The number of amides is 1. The summed E-state index contributed by atoms with van der Waals surface area (Å²) in [6.07, 6.45) is 2.06. The number of ether oxygens (including phenoxy) is 1. The molecule has 3 heterocycles. The van der Waals surface area contributed by atoms with Gasteiger partial charge in [0.15, 0.2) is 11.5 Å². The summed E-state index contributed by atoms with van der Waals surface area (Å²) in [5.41, 5.74) is 3.64. The second-order valence-corrected chi connectivity index (χ2v) is 8.26. The van der Waals surface area contributed by atoms with Crippen LogP contribution in [-0.2, 0) is 9.53 Å². The number of piperidine rings is 1. The lowest BCUT2D eigenvalue weighted by Crippen LogP contribution is -2.40. The SMILES string of the molecule is O=C(CN1CCCC(c2nc3ccccc3o2)C1)Nc1ccccc1N1CCOCC1. The highest BCUT2D eigenvalue weighted by Gasteiger charge is 2.27. The fourth-order valence-electron chi connectivity index (χ4n) is 4.52. The Kier molecular flexibility index (Phi) is 5.86. The molecule has 31 heavy (non-hydrogen) atoms. The molecule has 1 unspecified atom stereocenters. The predicted molar refractivity (Wildman–Crippen MR) is 121 cm³/mol. The van der Waals surface area contributed by atoms with E-state index in [0.717, 1.165) is 67.4 Å². The first-order chi connectivity index (χ1) is 15.3. The summed E-state index contributed by atoms with van der Waals surface area (Å²) in [6.45, 7) is 5.17. The maximum Gasteiger partial charge on any atom is 0.238 e. The van der Waals surface area contributed by atoms with Crippen molar-refractivity contribution in [3.63, 3.8) is 0 Å². The molecular formula is C24H28N4O3. The van der Waals surface area contributed by atoms with Crippen LogP contribution in [0, 0.1) is 0 Å². The number of rotatable bonds is 5. The highest BCUT2D eigenvalue weighted by Crippen LogP contribution is 2.29. The second kappa shape index (κ2) is 9.08. The fraction of sp³-hybridized carbons (Fsp3) is 0.417. The van der Waals surface area contributed by atoms with Crippen molar-refractivity contribution in [3.05, 3.63) is 54.4 Å². The normalized spacial score (nSPS) is 20.1. The Morgan fingerprint density at radius 1 is 1.06 bits per heavy atom. The van der Waals surface area contributed by atoms with Crippen LogP contribution in [0.1, 0.15) is 24.7 Å². The zero-order chi connectivity index (χ0) is 21.0. The Morgan fingerprint density at radius 2 is 1.87 bits per heavy atom. The summed E-state index contributed by atoms with van der Waals surface area (Å²) in [6, 6.07) is 15.9. The Bertz CT molecular complexity index is 1010. The Labute approximate surface area is 182 Å². The quantitative estimate of drug-likeness (QED) is 0.681. The Balaban J connectivity index is 1.22. The van der Waals surface area contributed by atoms with Crippen LogP contribution >= 0.6 is 0 Å². The second-order valence-electron chi connectivity index (χ2n) is 8.26. The molecule has 2 aliphatic heterocycles. The number of carbonyl (C=O) groups excluding carboxylic acids is 1. The first-order valence-electron chi connectivity index (χ1n) is 11.1. The van der Waals surface area contributed by atoms with Crippen LogP contribution < -0.4 is 10.2 Å².